The number of carbonyl (C=O) groups excluding carboxylic acids is 1. The van der Waals surface area contributed by atoms with E-state index in [4.69, 9.17) is 4.74 Å². The van der Waals surface area contributed by atoms with Crippen LogP contribution in [0.4, 0.5) is 0 Å². The Morgan fingerprint density at radius 2 is 1.24 bits per heavy atom. The molecule has 0 bridgehead atoms. The topological polar surface area (TPSA) is 107 Å². The molecule has 0 saturated carbocycles. The van der Waals surface area contributed by atoms with Crippen molar-refractivity contribution in [2.24, 2.45) is 0 Å². The Labute approximate surface area is 201 Å². The first-order chi connectivity index (χ1) is 15.9. The number of aliphatic hydroxyl groups is 4. The lowest BCUT2D eigenvalue weighted by molar-refractivity contribution is -0.303. The van der Waals surface area contributed by atoms with Crippen molar-refractivity contribution in [3.8, 4) is 0 Å². The van der Waals surface area contributed by atoms with E-state index in [0.29, 0.717) is 6.42 Å². The van der Waals surface area contributed by atoms with Gasteiger partial charge in [0.15, 0.2) is 5.78 Å². The number of carbonyl (C=O) groups is 1. The number of Topliss-reactive ketones (excluding diaryl/α,β-unsaturated/α-hetero) is 1. The predicted octanol–water partition coefficient (Wildman–Crippen LogP) is 4.95. The van der Waals surface area contributed by atoms with Gasteiger partial charge in [0.1, 0.15) is 18.3 Å². The van der Waals surface area contributed by atoms with E-state index in [1.165, 1.54) is 83.5 Å². The number of ether oxygens (including phenoxy) is 1. The predicted molar refractivity (Wildman–Crippen MR) is 132 cm³/mol. The van der Waals surface area contributed by atoms with E-state index >= 15 is 0 Å². The minimum Gasteiger partial charge on any atom is -0.388 e. The first-order valence-electron chi connectivity index (χ1n) is 13.5. The second kappa shape index (κ2) is 18.5. The molecule has 1 fully saturated rings. The quantitative estimate of drug-likeness (QED) is 0.148. The van der Waals surface area contributed by atoms with Crippen molar-refractivity contribution in [1.82, 2.24) is 0 Å². The summed E-state index contributed by atoms with van der Waals surface area (Å²) in [6.45, 7) is 1.88. The largest absolute Gasteiger partial charge is 0.388 e. The lowest BCUT2D eigenvalue weighted by Crippen LogP contribution is -2.64. The number of aliphatic hydroxyl groups excluding tert-OH is 3. The van der Waals surface area contributed by atoms with Crippen molar-refractivity contribution in [2.75, 3.05) is 6.61 Å². The molecule has 1 heterocycles. The van der Waals surface area contributed by atoms with Crippen LogP contribution < -0.4 is 0 Å². The average Bonchev–Trinajstić information content (AvgIpc) is 2.81. The lowest BCUT2D eigenvalue weighted by Gasteiger charge is -2.40. The third-order valence-corrected chi connectivity index (χ3v) is 6.66. The van der Waals surface area contributed by atoms with Gasteiger partial charge in [-0.15, -0.1) is 0 Å². The minimum atomic E-state index is -2.41. The number of ketones is 1. The smallest absolute Gasteiger partial charge is 0.256 e. The van der Waals surface area contributed by atoms with Gasteiger partial charge in [-0.1, -0.05) is 96.1 Å². The van der Waals surface area contributed by atoms with E-state index in [2.05, 4.69) is 19.1 Å². The highest BCUT2D eigenvalue weighted by molar-refractivity contribution is 5.86. The van der Waals surface area contributed by atoms with Crippen LogP contribution in [0.2, 0.25) is 0 Å². The van der Waals surface area contributed by atoms with Crippen LogP contribution in [0.25, 0.3) is 0 Å². The summed E-state index contributed by atoms with van der Waals surface area (Å²) in [7, 11) is 0. The van der Waals surface area contributed by atoms with Crippen molar-refractivity contribution < 1.29 is 30.0 Å². The molecule has 6 nitrogen and oxygen atoms in total. The van der Waals surface area contributed by atoms with Crippen molar-refractivity contribution >= 4 is 5.78 Å². The van der Waals surface area contributed by atoms with Crippen LogP contribution in [-0.2, 0) is 9.53 Å². The van der Waals surface area contributed by atoms with E-state index in [-0.39, 0.29) is 13.0 Å². The summed E-state index contributed by atoms with van der Waals surface area (Å²) in [4.78, 5) is 12.2. The van der Waals surface area contributed by atoms with Gasteiger partial charge in [0, 0.05) is 6.42 Å². The number of allylic oxidation sites excluding steroid dienone is 2. The molecule has 6 heteroatoms. The van der Waals surface area contributed by atoms with Gasteiger partial charge < -0.3 is 25.2 Å². The standard InChI is InChI=1S/C27H50O6/c1-2-3-4-5-6-7-8-9-10-11-12-13-14-15-16-17-18-19-20-21-24(29)27(32)26(31)25(30)23(28)22-33-27/h9-10,23,25-26,28,30-32H,2-8,11-22H2,1H3/b10-9-/t23-,25+,26-,27?/m1/s1. The number of hydrogen-bond acceptors (Lipinski definition) is 6. The fraction of sp³-hybridized carbons (Fsp3) is 0.889. The summed E-state index contributed by atoms with van der Waals surface area (Å²) in [5.74, 6) is -3.05. The van der Waals surface area contributed by atoms with E-state index in [9.17, 15) is 25.2 Å². The van der Waals surface area contributed by atoms with Crippen molar-refractivity contribution in [3.63, 3.8) is 0 Å². The number of hydrogen-bond donors (Lipinski definition) is 4. The van der Waals surface area contributed by atoms with Crippen molar-refractivity contribution in [3.05, 3.63) is 12.2 Å². The Morgan fingerprint density at radius 1 is 0.788 bits per heavy atom. The molecule has 1 saturated heterocycles. The average molecular weight is 471 g/mol. The zero-order valence-corrected chi connectivity index (χ0v) is 20.9. The molecule has 0 aromatic heterocycles. The molecule has 1 rings (SSSR count). The molecule has 0 spiro atoms. The van der Waals surface area contributed by atoms with Gasteiger partial charge in [-0.2, -0.15) is 0 Å². The van der Waals surface area contributed by atoms with Gasteiger partial charge in [0.2, 0.25) is 0 Å². The first kappa shape index (κ1) is 30.2. The number of rotatable bonds is 20. The van der Waals surface area contributed by atoms with Crippen LogP contribution >= 0.6 is 0 Å². The van der Waals surface area contributed by atoms with Crippen LogP contribution in [0.5, 0.6) is 0 Å². The summed E-state index contributed by atoms with van der Waals surface area (Å²) in [6.07, 6.45) is 20.6. The van der Waals surface area contributed by atoms with E-state index in [1.807, 2.05) is 0 Å². The second-order valence-electron chi connectivity index (χ2n) is 9.68. The van der Waals surface area contributed by atoms with E-state index < -0.39 is 29.9 Å². The lowest BCUT2D eigenvalue weighted by atomic mass is 9.91. The Hall–Kier alpha value is -0.790. The summed E-state index contributed by atoms with van der Waals surface area (Å²) in [6, 6.07) is 0. The maximum Gasteiger partial charge on any atom is 0.256 e. The molecule has 0 aromatic carbocycles. The van der Waals surface area contributed by atoms with Gasteiger partial charge in [0.25, 0.3) is 5.79 Å². The third-order valence-electron chi connectivity index (χ3n) is 6.66. The Balaban J connectivity index is 1.90. The summed E-state index contributed by atoms with van der Waals surface area (Å²) in [5, 5.41) is 39.3. The molecule has 0 radical (unpaired) electrons. The van der Waals surface area contributed by atoms with Crippen LogP contribution in [0.1, 0.15) is 122 Å². The van der Waals surface area contributed by atoms with Gasteiger partial charge in [-0.05, 0) is 32.1 Å². The molecule has 1 unspecified atom stereocenters. The van der Waals surface area contributed by atoms with Crippen LogP contribution in [-0.4, -0.2) is 56.9 Å². The SMILES string of the molecule is CCCCCCCC/C=C\CCCCCCCCCCCC(=O)C1(O)OC[C@@H](O)[C@H](O)[C@H]1O. The number of unbranched alkanes of at least 4 members (excludes halogenated alkanes) is 15. The highest BCUT2D eigenvalue weighted by Gasteiger charge is 2.52. The maximum absolute atomic E-state index is 12.2. The van der Waals surface area contributed by atoms with Crippen LogP contribution in [0, 0.1) is 0 Å². The highest BCUT2D eigenvalue weighted by Crippen LogP contribution is 2.27. The van der Waals surface area contributed by atoms with Gasteiger partial charge in [-0.3, -0.25) is 4.79 Å². The van der Waals surface area contributed by atoms with E-state index in [0.717, 1.165) is 19.3 Å². The first-order valence-corrected chi connectivity index (χ1v) is 13.5. The molecule has 33 heavy (non-hydrogen) atoms. The van der Waals surface area contributed by atoms with Crippen molar-refractivity contribution in [2.45, 2.75) is 147 Å². The van der Waals surface area contributed by atoms with Gasteiger partial charge in [-0.25, -0.2) is 0 Å². The molecule has 0 amide bonds. The molecule has 194 valence electrons. The molecule has 1 aliphatic rings. The third kappa shape index (κ3) is 12.5. The Bertz CT molecular complexity index is 523. The molecule has 4 N–H and O–H groups in total. The highest BCUT2D eigenvalue weighted by atomic mass is 16.7. The maximum atomic E-state index is 12.2. The Morgan fingerprint density at radius 3 is 1.76 bits per heavy atom. The van der Waals surface area contributed by atoms with Crippen LogP contribution in [0.3, 0.4) is 0 Å². The summed E-state index contributed by atoms with van der Waals surface area (Å²) in [5.41, 5.74) is 0. The molecular formula is C27H50O6. The zero-order valence-electron chi connectivity index (χ0n) is 20.9. The second-order valence-corrected chi connectivity index (χ2v) is 9.68. The molecule has 4 atom stereocenters. The molecular weight excluding hydrogens is 420 g/mol. The van der Waals surface area contributed by atoms with Gasteiger partial charge in [0.05, 0.1) is 6.61 Å². The molecule has 0 aliphatic carbocycles. The molecule has 1 aliphatic heterocycles. The van der Waals surface area contributed by atoms with Crippen LogP contribution in [0.15, 0.2) is 12.2 Å². The normalized spacial score (nSPS) is 25.7. The molecule has 0 aromatic rings. The summed E-state index contributed by atoms with van der Waals surface area (Å²) >= 11 is 0. The zero-order chi connectivity index (χ0) is 24.4. The monoisotopic (exact) mass is 470 g/mol. The fourth-order valence-corrected chi connectivity index (χ4v) is 4.33. The van der Waals surface area contributed by atoms with Crippen molar-refractivity contribution in [1.29, 1.82) is 0 Å². The van der Waals surface area contributed by atoms with Gasteiger partial charge >= 0.3 is 0 Å². The summed E-state index contributed by atoms with van der Waals surface area (Å²) < 4.78 is 4.96. The fourth-order valence-electron chi connectivity index (χ4n) is 4.33. The Kier molecular flexibility index (Phi) is 17.0. The van der Waals surface area contributed by atoms with E-state index in [1.54, 1.807) is 0 Å². The minimum absolute atomic E-state index is 0.0861.